The molecular formula is C12H16F2O. The molecule has 3 heteroatoms. The standard InChI is InChI=1S/C12H16F2O/c1-4-12(13,14)10-7-5-6-9(8-10)11(2,3)15/h5-8,15H,4H2,1-3H3. The van der Waals surface area contributed by atoms with E-state index in [0.717, 1.165) is 0 Å². The molecule has 0 saturated carbocycles. The van der Waals surface area contributed by atoms with E-state index in [1.165, 1.54) is 19.1 Å². The quantitative estimate of drug-likeness (QED) is 0.817. The molecule has 0 aliphatic rings. The van der Waals surface area contributed by atoms with E-state index in [9.17, 15) is 13.9 Å². The van der Waals surface area contributed by atoms with Crippen LogP contribution in [0.15, 0.2) is 24.3 Å². The molecule has 0 atom stereocenters. The van der Waals surface area contributed by atoms with Gasteiger partial charge in [0.15, 0.2) is 0 Å². The summed E-state index contributed by atoms with van der Waals surface area (Å²) >= 11 is 0. The molecule has 0 saturated heterocycles. The highest BCUT2D eigenvalue weighted by Crippen LogP contribution is 2.33. The smallest absolute Gasteiger partial charge is 0.273 e. The summed E-state index contributed by atoms with van der Waals surface area (Å²) in [6, 6.07) is 5.95. The van der Waals surface area contributed by atoms with Gasteiger partial charge >= 0.3 is 0 Å². The predicted octanol–water partition coefficient (Wildman–Crippen LogP) is 3.42. The van der Waals surface area contributed by atoms with Crippen molar-refractivity contribution in [2.75, 3.05) is 0 Å². The van der Waals surface area contributed by atoms with Crippen molar-refractivity contribution >= 4 is 0 Å². The zero-order valence-corrected chi connectivity index (χ0v) is 9.22. The first-order valence-electron chi connectivity index (χ1n) is 4.98. The van der Waals surface area contributed by atoms with Crippen LogP contribution in [0.1, 0.15) is 38.3 Å². The fourth-order valence-corrected chi connectivity index (χ4v) is 1.33. The van der Waals surface area contributed by atoms with Crippen LogP contribution in [0, 0.1) is 0 Å². The van der Waals surface area contributed by atoms with E-state index < -0.39 is 11.5 Å². The molecule has 0 aliphatic heterocycles. The molecule has 1 nitrogen and oxygen atoms in total. The number of rotatable bonds is 3. The minimum absolute atomic E-state index is 0.0374. The molecule has 1 aromatic rings. The largest absolute Gasteiger partial charge is 0.386 e. The zero-order chi connectivity index (χ0) is 11.7. The van der Waals surface area contributed by atoms with Crippen LogP contribution in [0.3, 0.4) is 0 Å². The highest BCUT2D eigenvalue weighted by molar-refractivity contribution is 5.29. The van der Waals surface area contributed by atoms with E-state index in [0.29, 0.717) is 5.56 Å². The SMILES string of the molecule is CCC(F)(F)c1cccc(C(C)(C)O)c1. The molecule has 15 heavy (non-hydrogen) atoms. The number of aliphatic hydroxyl groups is 1. The van der Waals surface area contributed by atoms with Gasteiger partial charge in [-0.1, -0.05) is 25.1 Å². The molecule has 0 spiro atoms. The van der Waals surface area contributed by atoms with Crippen molar-refractivity contribution in [3.8, 4) is 0 Å². The lowest BCUT2D eigenvalue weighted by Gasteiger charge is -2.21. The number of halogens is 2. The van der Waals surface area contributed by atoms with E-state index in [2.05, 4.69) is 0 Å². The van der Waals surface area contributed by atoms with Crippen molar-refractivity contribution < 1.29 is 13.9 Å². The third-order valence-corrected chi connectivity index (χ3v) is 2.44. The average molecular weight is 214 g/mol. The van der Waals surface area contributed by atoms with Crippen LogP contribution in [-0.4, -0.2) is 5.11 Å². The van der Waals surface area contributed by atoms with E-state index in [-0.39, 0.29) is 12.0 Å². The number of hydrogen-bond acceptors (Lipinski definition) is 1. The molecule has 1 rings (SSSR count). The van der Waals surface area contributed by atoms with Crippen molar-refractivity contribution in [2.24, 2.45) is 0 Å². The molecule has 0 aromatic heterocycles. The summed E-state index contributed by atoms with van der Waals surface area (Å²) < 4.78 is 26.7. The van der Waals surface area contributed by atoms with Gasteiger partial charge < -0.3 is 5.11 Å². The summed E-state index contributed by atoms with van der Waals surface area (Å²) in [6.45, 7) is 4.60. The molecule has 84 valence electrons. The molecule has 0 fully saturated rings. The summed E-state index contributed by atoms with van der Waals surface area (Å²) in [5, 5.41) is 9.71. The van der Waals surface area contributed by atoms with Gasteiger partial charge in [0.1, 0.15) is 0 Å². The van der Waals surface area contributed by atoms with Gasteiger partial charge in [-0.3, -0.25) is 0 Å². The number of alkyl halides is 2. The molecule has 1 N–H and O–H groups in total. The molecule has 1 aromatic carbocycles. The first-order valence-corrected chi connectivity index (χ1v) is 4.98. The molecule has 0 bridgehead atoms. The van der Waals surface area contributed by atoms with Crippen molar-refractivity contribution in [1.29, 1.82) is 0 Å². The van der Waals surface area contributed by atoms with Crippen LogP contribution in [-0.2, 0) is 11.5 Å². The summed E-state index contributed by atoms with van der Waals surface area (Å²) in [6.07, 6.45) is -0.234. The van der Waals surface area contributed by atoms with Crippen LogP contribution < -0.4 is 0 Å². The third-order valence-electron chi connectivity index (χ3n) is 2.44. The van der Waals surface area contributed by atoms with Crippen LogP contribution in [0.2, 0.25) is 0 Å². The lowest BCUT2D eigenvalue weighted by atomic mass is 9.94. The minimum Gasteiger partial charge on any atom is -0.386 e. The van der Waals surface area contributed by atoms with Gasteiger partial charge in [0.05, 0.1) is 5.60 Å². The first kappa shape index (κ1) is 12.1. The summed E-state index contributed by atoms with van der Waals surface area (Å²) in [4.78, 5) is 0. The molecule has 0 amide bonds. The van der Waals surface area contributed by atoms with Crippen LogP contribution in [0.5, 0.6) is 0 Å². The minimum atomic E-state index is -2.82. The van der Waals surface area contributed by atoms with Crippen molar-refractivity contribution in [1.82, 2.24) is 0 Å². The Morgan fingerprint density at radius 2 is 1.73 bits per heavy atom. The van der Waals surface area contributed by atoms with E-state index in [1.54, 1.807) is 26.0 Å². The summed E-state index contributed by atoms with van der Waals surface area (Å²) in [7, 11) is 0. The van der Waals surface area contributed by atoms with Crippen molar-refractivity contribution in [3.05, 3.63) is 35.4 Å². The van der Waals surface area contributed by atoms with Gasteiger partial charge in [0.25, 0.3) is 5.92 Å². The van der Waals surface area contributed by atoms with E-state index >= 15 is 0 Å². The number of benzene rings is 1. The molecule has 0 radical (unpaired) electrons. The Hall–Kier alpha value is -0.960. The molecule has 0 unspecified atom stereocenters. The van der Waals surface area contributed by atoms with Crippen LogP contribution in [0.4, 0.5) is 8.78 Å². The van der Waals surface area contributed by atoms with E-state index in [4.69, 9.17) is 0 Å². The number of hydrogen-bond donors (Lipinski definition) is 1. The maximum atomic E-state index is 13.4. The maximum Gasteiger partial charge on any atom is 0.273 e. The zero-order valence-electron chi connectivity index (χ0n) is 9.22. The van der Waals surface area contributed by atoms with Gasteiger partial charge in [-0.2, -0.15) is 0 Å². The highest BCUT2D eigenvalue weighted by Gasteiger charge is 2.30. The summed E-state index contributed by atoms with van der Waals surface area (Å²) in [5.41, 5.74) is -0.613. The predicted molar refractivity (Wildman–Crippen MR) is 55.9 cm³/mol. The maximum absolute atomic E-state index is 13.4. The van der Waals surface area contributed by atoms with Gasteiger partial charge in [-0.15, -0.1) is 0 Å². The average Bonchev–Trinajstić information content (AvgIpc) is 2.17. The van der Waals surface area contributed by atoms with Gasteiger partial charge in [0, 0.05) is 12.0 Å². The van der Waals surface area contributed by atoms with Crippen molar-refractivity contribution in [3.63, 3.8) is 0 Å². The Kier molecular flexibility index (Phi) is 3.14. The second-order valence-corrected chi connectivity index (χ2v) is 4.20. The second-order valence-electron chi connectivity index (χ2n) is 4.20. The lowest BCUT2D eigenvalue weighted by Crippen LogP contribution is -2.18. The normalized spacial score (nSPS) is 12.9. The first-order chi connectivity index (χ1) is 6.77. The Labute approximate surface area is 88.7 Å². The van der Waals surface area contributed by atoms with Gasteiger partial charge in [0.2, 0.25) is 0 Å². The highest BCUT2D eigenvalue weighted by atomic mass is 19.3. The topological polar surface area (TPSA) is 20.2 Å². The van der Waals surface area contributed by atoms with Crippen molar-refractivity contribution in [2.45, 2.75) is 38.7 Å². The Morgan fingerprint density at radius 3 is 2.20 bits per heavy atom. The lowest BCUT2D eigenvalue weighted by molar-refractivity contribution is -0.00878. The van der Waals surface area contributed by atoms with Gasteiger partial charge in [-0.05, 0) is 25.5 Å². The Bertz CT molecular complexity index is 340. The third kappa shape index (κ3) is 2.75. The molecule has 0 heterocycles. The summed E-state index contributed by atoms with van der Waals surface area (Å²) in [5.74, 6) is -2.82. The Balaban J connectivity index is 3.14. The van der Waals surface area contributed by atoms with Crippen LogP contribution >= 0.6 is 0 Å². The Morgan fingerprint density at radius 1 is 1.20 bits per heavy atom. The second kappa shape index (κ2) is 3.89. The fourth-order valence-electron chi connectivity index (χ4n) is 1.33. The van der Waals surface area contributed by atoms with E-state index in [1.807, 2.05) is 0 Å². The molecule has 0 aliphatic carbocycles. The molecular weight excluding hydrogens is 198 g/mol. The fraction of sp³-hybridized carbons (Fsp3) is 0.500. The van der Waals surface area contributed by atoms with Crippen LogP contribution in [0.25, 0.3) is 0 Å². The van der Waals surface area contributed by atoms with Gasteiger partial charge in [-0.25, -0.2) is 8.78 Å². The monoisotopic (exact) mass is 214 g/mol.